The lowest BCUT2D eigenvalue weighted by molar-refractivity contribution is 0.0517. The number of benzene rings is 8. The van der Waals surface area contributed by atoms with Gasteiger partial charge >= 0.3 is 12.2 Å². The molecular formula is C76H88I2N14O18S4. The van der Waals surface area contributed by atoms with E-state index in [0.717, 1.165) is 11.1 Å². The Kier molecular flexibility index (Phi) is 30.3. The highest BCUT2D eigenvalue weighted by Crippen LogP contribution is 2.41. The van der Waals surface area contributed by atoms with Gasteiger partial charge in [-0.15, -0.1) is 15.3 Å². The van der Waals surface area contributed by atoms with Crippen molar-refractivity contribution in [3.05, 3.63) is 210 Å². The molecule has 0 unspecified atom stereocenters. The van der Waals surface area contributed by atoms with Crippen molar-refractivity contribution >= 4 is 97.5 Å². The molecule has 2 amide bonds. The lowest BCUT2D eigenvalue weighted by atomic mass is 10.2. The van der Waals surface area contributed by atoms with Crippen molar-refractivity contribution < 1.29 is 81.2 Å². The van der Waals surface area contributed by atoms with Gasteiger partial charge in [-0.2, -0.15) is 13.4 Å². The molecule has 608 valence electrons. The second kappa shape index (κ2) is 39.1. The van der Waals surface area contributed by atoms with Gasteiger partial charge in [-0.1, -0.05) is 72.8 Å². The van der Waals surface area contributed by atoms with E-state index >= 15 is 16.8 Å². The standard InChI is InChI=1S/2C38H44IN7O9S2/c1-38(2,3)55-37(47)40-21-22-41-56(48,49)33-20-19-32(39)34(36-42-43-44-46(36)25-28-11-17-31(54-6)18-12-28)35(33)57(50,51)45(23-26-7-13-29(52-4)14-8-26)24-27-9-15-30(53-5)16-10-27;1-38(2,3)55-37(47)40-21-22-41-56(48,49)33-20-19-32(39)34(36-42-44-46(43-36)25-28-11-17-31(54-6)18-12-28)35(33)57(50,51)45(23-26-7-13-29(52-4)14-8-26)24-27-9-15-30(53-5)16-10-27/h2*7-20,41H,21-25H2,1-6H3,(H,40,47). The van der Waals surface area contributed by atoms with E-state index in [9.17, 15) is 26.4 Å². The van der Waals surface area contributed by atoms with Crippen molar-refractivity contribution in [3.63, 3.8) is 0 Å². The first-order valence-corrected chi connectivity index (χ1v) is 43.0. The summed E-state index contributed by atoms with van der Waals surface area (Å²) in [5, 5.41) is 30.3. The number of methoxy groups -OCH3 is 6. The number of sulfonamides is 4. The van der Waals surface area contributed by atoms with Crippen molar-refractivity contribution in [2.75, 3.05) is 68.8 Å². The number of alkyl carbamates (subject to hydrolysis) is 2. The number of halogens is 2. The van der Waals surface area contributed by atoms with Crippen LogP contribution in [0.15, 0.2) is 189 Å². The van der Waals surface area contributed by atoms with Gasteiger partial charge in [-0.3, -0.25) is 0 Å². The van der Waals surface area contributed by atoms with Gasteiger partial charge in [0.1, 0.15) is 65.3 Å². The zero-order chi connectivity index (χ0) is 82.8. The summed E-state index contributed by atoms with van der Waals surface area (Å²) in [6.45, 7) is 9.07. The summed E-state index contributed by atoms with van der Waals surface area (Å²) in [5.74, 6) is 3.52. The molecule has 8 aromatic carbocycles. The first-order valence-electron chi connectivity index (χ1n) is 35.0. The molecule has 0 aliphatic heterocycles. The third-order valence-electron chi connectivity index (χ3n) is 16.6. The van der Waals surface area contributed by atoms with Crippen molar-refractivity contribution in [1.82, 2.24) is 69.1 Å². The maximum absolute atomic E-state index is 15.4. The summed E-state index contributed by atoms with van der Waals surface area (Å²) in [5.41, 5.74) is 2.42. The van der Waals surface area contributed by atoms with E-state index in [2.05, 4.69) is 51.0 Å². The fourth-order valence-electron chi connectivity index (χ4n) is 11.1. The van der Waals surface area contributed by atoms with Crippen LogP contribution in [0, 0.1) is 7.14 Å². The molecule has 10 rings (SSSR count). The lowest BCUT2D eigenvalue weighted by Crippen LogP contribution is -2.38. The molecular weight excluding hydrogens is 1780 g/mol. The predicted molar refractivity (Wildman–Crippen MR) is 440 cm³/mol. The number of hydrogen-bond acceptors (Lipinski definition) is 24. The Hall–Kier alpha value is -9.66. The number of rotatable bonds is 34. The molecule has 0 saturated carbocycles. The van der Waals surface area contributed by atoms with Gasteiger partial charge in [0, 0.05) is 59.5 Å². The maximum Gasteiger partial charge on any atom is 0.407 e. The van der Waals surface area contributed by atoms with Crippen LogP contribution in [-0.4, -0.2) is 175 Å². The second-order valence-corrected chi connectivity index (χ2v) is 36.6. The van der Waals surface area contributed by atoms with E-state index in [1.165, 1.54) is 70.8 Å². The number of carbonyl (C=O) groups excluding carboxylic acids is 2. The molecule has 0 aliphatic carbocycles. The highest BCUT2D eigenvalue weighted by molar-refractivity contribution is 14.1. The quantitative estimate of drug-likeness (QED) is 0.0215. The molecule has 0 bridgehead atoms. The van der Waals surface area contributed by atoms with E-state index in [0.29, 0.717) is 63.9 Å². The van der Waals surface area contributed by atoms with Gasteiger partial charge in [0.05, 0.1) is 66.9 Å². The summed E-state index contributed by atoms with van der Waals surface area (Å²) < 4.78 is 170. The Labute approximate surface area is 690 Å². The minimum atomic E-state index is -4.75. The van der Waals surface area contributed by atoms with E-state index in [-0.39, 0.29) is 88.2 Å². The molecule has 0 fully saturated rings. The number of tetrazole rings is 2. The normalized spacial score (nSPS) is 12.0. The van der Waals surface area contributed by atoms with Crippen molar-refractivity contribution in [1.29, 1.82) is 0 Å². The number of nitrogens with one attached hydrogen (secondary N) is 4. The van der Waals surface area contributed by atoms with Crippen LogP contribution in [0.3, 0.4) is 0 Å². The van der Waals surface area contributed by atoms with Crippen LogP contribution in [0.1, 0.15) is 74.9 Å². The van der Waals surface area contributed by atoms with Crippen LogP contribution >= 0.6 is 45.2 Å². The molecule has 0 atom stereocenters. The van der Waals surface area contributed by atoms with Gasteiger partial charge in [0.15, 0.2) is 5.82 Å². The number of aromatic nitrogens is 8. The van der Waals surface area contributed by atoms with Gasteiger partial charge in [-0.05, 0) is 233 Å². The Morgan fingerprint density at radius 2 is 0.719 bits per heavy atom. The first-order chi connectivity index (χ1) is 54.1. The average Bonchev–Trinajstić information content (AvgIpc) is 1.10. The molecule has 32 nitrogen and oxygen atoms in total. The smallest absolute Gasteiger partial charge is 0.407 e. The maximum atomic E-state index is 15.4. The molecule has 0 saturated heterocycles. The van der Waals surface area contributed by atoms with Gasteiger partial charge in [-0.25, -0.2) is 57.4 Å². The van der Waals surface area contributed by atoms with Crippen LogP contribution in [0.25, 0.3) is 22.8 Å². The average molecular weight is 1870 g/mol. The molecule has 0 aliphatic rings. The van der Waals surface area contributed by atoms with Crippen LogP contribution in [0.2, 0.25) is 0 Å². The SMILES string of the molecule is COc1ccc(CN(Cc2ccc(OC)cc2)S(=O)(=O)c2c(S(=O)(=O)NCCNC(=O)OC(C)(C)C)ccc(I)c2-c2nnn(Cc3ccc(OC)cc3)n2)cc1.COc1ccc(CN(Cc2ccc(OC)cc2)S(=O)(=O)c2c(S(=O)(=O)NCCNC(=O)OC(C)(C)C)ccc(I)c2-c2nnnn2Cc2ccc(OC)cc2)cc1. The number of carbonyl (C=O) groups is 2. The predicted octanol–water partition coefficient (Wildman–Crippen LogP) is 10.4. The number of nitrogens with zero attached hydrogens (tertiary/aromatic N) is 10. The topological polar surface area (TPSA) is 386 Å². The highest BCUT2D eigenvalue weighted by Gasteiger charge is 2.40. The fraction of sp³-hybridized carbons (Fsp3) is 0.316. The van der Waals surface area contributed by atoms with Crippen molar-refractivity contribution in [3.8, 4) is 57.3 Å². The Balaban J connectivity index is 0.000000261. The van der Waals surface area contributed by atoms with E-state index in [1.54, 1.807) is 177 Å². The van der Waals surface area contributed by atoms with E-state index in [4.69, 9.17) is 37.9 Å². The molecule has 114 heavy (non-hydrogen) atoms. The number of ether oxygens (including phenoxy) is 8. The molecule has 0 radical (unpaired) electrons. The number of amides is 2. The summed E-state index contributed by atoms with van der Waals surface area (Å²) >= 11 is 3.89. The van der Waals surface area contributed by atoms with Gasteiger partial charge in [0.2, 0.25) is 45.9 Å². The summed E-state index contributed by atoms with van der Waals surface area (Å²) in [4.78, 5) is 23.6. The van der Waals surface area contributed by atoms with Crippen LogP contribution < -0.4 is 48.5 Å². The Morgan fingerprint density at radius 1 is 0.404 bits per heavy atom. The molecule has 10 aromatic rings. The minimum Gasteiger partial charge on any atom is -0.497 e. The molecule has 4 N–H and O–H groups in total. The van der Waals surface area contributed by atoms with Crippen LogP contribution in [-0.2, 0) is 88.8 Å². The summed E-state index contributed by atoms with van der Waals surface area (Å²) in [7, 11) is -9.44. The Morgan fingerprint density at radius 3 is 1.05 bits per heavy atom. The Bertz CT molecular complexity index is 5310. The van der Waals surface area contributed by atoms with Crippen molar-refractivity contribution in [2.45, 2.75) is 112 Å². The van der Waals surface area contributed by atoms with Crippen LogP contribution in [0.4, 0.5) is 9.59 Å². The summed E-state index contributed by atoms with van der Waals surface area (Å²) in [6.07, 6.45) is -1.48. The summed E-state index contributed by atoms with van der Waals surface area (Å²) in [6, 6.07) is 47.4. The molecule has 2 aromatic heterocycles. The largest absolute Gasteiger partial charge is 0.497 e. The molecule has 2 heterocycles. The second-order valence-electron chi connectivity index (χ2n) is 27.1. The lowest BCUT2D eigenvalue weighted by Gasteiger charge is -2.26. The van der Waals surface area contributed by atoms with Gasteiger partial charge < -0.3 is 48.5 Å². The number of hydrogen-bond donors (Lipinski definition) is 4. The highest BCUT2D eigenvalue weighted by atomic mass is 127. The molecule has 38 heteroatoms. The zero-order valence-corrected chi connectivity index (χ0v) is 72.0. The van der Waals surface area contributed by atoms with E-state index in [1.807, 2.05) is 69.4 Å². The zero-order valence-electron chi connectivity index (χ0n) is 64.4. The molecule has 0 spiro atoms. The third kappa shape index (κ3) is 24.0. The third-order valence-corrected chi connectivity index (χ3v) is 25.4. The van der Waals surface area contributed by atoms with Gasteiger partial charge in [0.25, 0.3) is 0 Å². The first kappa shape index (κ1) is 88.3. The minimum absolute atomic E-state index is 0.0154. The van der Waals surface area contributed by atoms with Crippen molar-refractivity contribution in [2.24, 2.45) is 0 Å². The van der Waals surface area contributed by atoms with Crippen LogP contribution in [0.5, 0.6) is 34.5 Å². The fourth-order valence-corrected chi connectivity index (χ4v) is 19.7. The van der Waals surface area contributed by atoms with E-state index < -0.39 is 83.1 Å². The monoisotopic (exact) mass is 1870 g/mol.